The van der Waals surface area contributed by atoms with Gasteiger partial charge in [-0.2, -0.15) is 0 Å². The lowest BCUT2D eigenvalue weighted by atomic mass is 10.1. The minimum atomic E-state index is 0.741. The van der Waals surface area contributed by atoms with E-state index < -0.39 is 0 Å². The molecular formula is C14H14ClN. The Morgan fingerprint density at radius 1 is 0.875 bits per heavy atom. The molecule has 16 heavy (non-hydrogen) atoms. The van der Waals surface area contributed by atoms with Crippen LogP contribution in [0.5, 0.6) is 0 Å². The van der Waals surface area contributed by atoms with Gasteiger partial charge in [-0.1, -0.05) is 41.9 Å². The number of benzene rings is 2. The fourth-order valence-corrected chi connectivity index (χ4v) is 1.89. The lowest BCUT2D eigenvalue weighted by Crippen LogP contribution is -1.96. The Morgan fingerprint density at radius 3 is 2.12 bits per heavy atom. The van der Waals surface area contributed by atoms with Crippen LogP contribution in [0, 0.1) is 13.8 Å². The molecule has 0 heterocycles. The highest BCUT2D eigenvalue weighted by Gasteiger charge is 2.04. The number of anilines is 2. The third-order valence-electron chi connectivity index (χ3n) is 2.61. The summed E-state index contributed by atoms with van der Waals surface area (Å²) >= 11 is 6.12. The Bertz CT molecular complexity index is 486. The first kappa shape index (κ1) is 11.0. The SMILES string of the molecule is Cc1cccc(C)c1Nc1ccccc1Cl. The van der Waals surface area contributed by atoms with Gasteiger partial charge in [-0.25, -0.2) is 0 Å². The first-order valence-electron chi connectivity index (χ1n) is 5.26. The van der Waals surface area contributed by atoms with Gasteiger partial charge in [0.15, 0.2) is 0 Å². The quantitative estimate of drug-likeness (QED) is 0.790. The van der Waals surface area contributed by atoms with Crippen molar-refractivity contribution >= 4 is 23.0 Å². The summed E-state index contributed by atoms with van der Waals surface area (Å²) in [5, 5.41) is 4.12. The molecule has 0 amide bonds. The summed E-state index contributed by atoms with van der Waals surface area (Å²) in [6.45, 7) is 4.18. The minimum absolute atomic E-state index is 0.741. The van der Waals surface area contributed by atoms with Gasteiger partial charge in [0.1, 0.15) is 0 Å². The van der Waals surface area contributed by atoms with Gasteiger partial charge in [-0.05, 0) is 37.1 Å². The highest BCUT2D eigenvalue weighted by Crippen LogP contribution is 2.28. The van der Waals surface area contributed by atoms with Gasteiger partial charge in [-0.15, -0.1) is 0 Å². The second-order valence-electron chi connectivity index (χ2n) is 3.87. The normalized spacial score (nSPS) is 10.2. The van der Waals surface area contributed by atoms with E-state index in [2.05, 4.69) is 37.4 Å². The molecule has 82 valence electrons. The summed E-state index contributed by atoms with van der Waals surface area (Å²) in [5.41, 5.74) is 4.53. The first-order chi connectivity index (χ1) is 7.68. The van der Waals surface area contributed by atoms with E-state index in [0.29, 0.717) is 0 Å². The van der Waals surface area contributed by atoms with Crippen LogP contribution < -0.4 is 5.32 Å². The fourth-order valence-electron chi connectivity index (χ4n) is 1.71. The van der Waals surface area contributed by atoms with Gasteiger partial charge < -0.3 is 5.32 Å². The molecule has 0 saturated heterocycles. The van der Waals surface area contributed by atoms with Crippen molar-refractivity contribution in [2.24, 2.45) is 0 Å². The molecule has 2 aromatic rings. The topological polar surface area (TPSA) is 12.0 Å². The molecule has 0 atom stereocenters. The van der Waals surface area contributed by atoms with E-state index in [-0.39, 0.29) is 0 Å². The lowest BCUT2D eigenvalue weighted by molar-refractivity contribution is 1.36. The third kappa shape index (κ3) is 2.20. The van der Waals surface area contributed by atoms with E-state index in [0.717, 1.165) is 16.4 Å². The summed E-state index contributed by atoms with van der Waals surface area (Å²) in [6, 6.07) is 14.0. The van der Waals surface area contributed by atoms with E-state index in [1.54, 1.807) is 0 Å². The Labute approximate surface area is 101 Å². The zero-order chi connectivity index (χ0) is 11.5. The molecule has 0 aliphatic carbocycles. The molecule has 1 N–H and O–H groups in total. The molecule has 0 radical (unpaired) electrons. The standard InChI is InChI=1S/C14H14ClN/c1-10-6-5-7-11(2)14(10)16-13-9-4-3-8-12(13)15/h3-9,16H,1-2H3. The molecule has 0 saturated carbocycles. The fraction of sp³-hybridized carbons (Fsp3) is 0.143. The molecule has 0 bridgehead atoms. The largest absolute Gasteiger partial charge is 0.354 e. The van der Waals surface area contributed by atoms with Gasteiger partial charge in [0, 0.05) is 5.69 Å². The van der Waals surface area contributed by atoms with E-state index in [9.17, 15) is 0 Å². The molecule has 2 aromatic carbocycles. The zero-order valence-electron chi connectivity index (χ0n) is 9.42. The van der Waals surface area contributed by atoms with Crippen molar-refractivity contribution in [3.05, 3.63) is 58.6 Å². The van der Waals surface area contributed by atoms with Gasteiger partial charge in [0.05, 0.1) is 10.7 Å². The zero-order valence-corrected chi connectivity index (χ0v) is 10.2. The summed E-state index contributed by atoms with van der Waals surface area (Å²) in [5.74, 6) is 0. The summed E-state index contributed by atoms with van der Waals surface area (Å²) in [4.78, 5) is 0. The summed E-state index contributed by atoms with van der Waals surface area (Å²) < 4.78 is 0. The smallest absolute Gasteiger partial charge is 0.0640 e. The highest BCUT2D eigenvalue weighted by atomic mass is 35.5. The number of rotatable bonds is 2. The number of para-hydroxylation sites is 2. The summed E-state index contributed by atoms with van der Waals surface area (Å²) in [7, 11) is 0. The van der Waals surface area contributed by atoms with Crippen molar-refractivity contribution in [3.8, 4) is 0 Å². The predicted octanol–water partition coefficient (Wildman–Crippen LogP) is 4.70. The van der Waals surface area contributed by atoms with Crippen LogP contribution in [0.2, 0.25) is 5.02 Å². The third-order valence-corrected chi connectivity index (χ3v) is 2.94. The number of halogens is 1. The van der Waals surface area contributed by atoms with Crippen LogP contribution in [0.4, 0.5) is 11.4 Å². The monoisotopic (exact) mass is 231 g/mol. The van der Waals surface area contributed by atoms with Crippen LogP contribution in [0.1, 0.15) is 11.1 Å². The number of hydrogen-bond donors (Lipinski definition) is 1. The van der Waals surface area contributed by atoms with E-state index >= 15 is 0 Å². The van der Waals surface area contributed by atoms with Crippen LogP contribution in [0.25, 0.3) is 0 Å². The minimum Gasteiger partial charge on any atom is -0.354 e. The van der Waals surface area contributed by atoms with Crippen molar-refractivity contribution in [2.45, 2.75) is 13.8 Å². The van der Waals surface area contributed by atoms with Crippen molar-refractivity contribution in [1.29, 1.82) is 0 Å². The molecule has 0 aliphatic heterocycles. The highest BCUT2D eigenvalue weighted by molar-refractivity contribution is 6.33. The Kier molecular flexibility index (Phi) is 3.16. The van der Waals surface area contributed by atoms with Crippen molar-refractivity contribution < 1.29 is 0 Å². The average molecular weight is 232 g/mol. The lowest BCUT2D eigenvalue weighted by Gasteiger charge is -2.13. The van der Waals surface area contributed by atoms with E-state index in [1.165, 1.54) is 11.1 Å². The molecule has 2 rings (SSSR count). The Morgan fingerprint density at radius 2 is 1.50 bits per heavy atom. The van der Waals surface area contributed by atoms with Crippen LogP contribution in [-0.4, -0.2) is 0 Å². The average Bonchev–Trinajstić information content (AvgIpc) is 2.26. The predicted molar refractivity (Wildman–Crippen MR) is 70.7 cm³/mol. The number of nitrogens with one attached hydrogen (secondary N) is 1. The maximum absolute atomic E-state index is 6.12. The maximum Gasteiger partial charge on any atom is 0.0640 e. The maximum atomic E-state index is 6.12. The Hall–Kier alpha value is -1.47. The van der Waals surface area contributed by atoms with Crippen LogP contribution in [0.3, 0.4) is 0 Å². The molecule has 1 nitrogen and oxygen atoms in total. The molecular weight excluding hydrogens is 218 g/mol. The van der Waals surface area contributed by atoms with Gasteiger partial charge in [0.25, 0.3) is 0 Å². The van der Waals surface area contributed by atoms with Crippen molar-refractivity contribution in [1.82, 2.24) is 0 Å². The molecule has 2 heteroatoms. The second-order valence-corrected chi connectivity index (χ2v) is 4.28. The van der Waals surface area contributed by atoms with E-state index in [1.807, 2.05) is 24.3 Å². The number of aryl methyl sites for hydroxylation is 2. The Balaban J connectivity index is 2.38. The van der Waals surface area contributed by atoms with Gasteiger partial charge in [0.2, 0.25) is 0 Å². The van der Waals surface area contributed by atoms with Crippen molar-refractivity contribution in [3.63, 3.8) is 0 Å². The van der Waals surface area contributed by atoms with Gasteiger partial charge >= 0.3 is 0 Å². The molecule has 0 aliphatic rings. The molecule has 0 unspecified atom stereocenters. The second kappa shape index (κ2) is 4.58. The van der Waals surface area contributed by atoms with Crippen LogP contribution in [-0.2, 0) is 0 Å². The van der Waals surface area contributed by atoms with Crippen LogP contribution >= 0.6 is 11.6 Å². The van der Waals surface area contributed by atoms with Gasteiger partial charge in [-0.3, -0.25) is 0 Å². The first-order valence-corrected chi connectivity index (χ1v) is 5.64. The molecule has 0 aromatic heterocycles. The van der Waals surface area contributed by atoms with Crippen LogP contribution in [0.15, 0.2) is 42.5 Å². The number of hydrogen-bond acceptors (Lipinski definition) is 1. The summed E-state index contributed by atoms with van der Waals surface area (Å²) in [6.07, 6.45) is 0. The molecule has 0 fully saturated rings. The van der Waals surface area contributed by atoms with Crippen molar-refractivity contribution in [2.75, 3.05) is 5.32 Å². The molecule has 0 spiro atoms. The van der Waals surface area contributed by atoms with E-state index in [4.69, 9.17) is 11.6 Å².